The van der Waals surface area contributed by atoms with Gasteiger partial charge in [0.25, 0.3) is 0 Å². The zero-order valence-electron chi connectivity index (χ0n) is 21.4. The first kappa shape index (κ1) is 26.9. The first-order valence-corrected chi connectivity index (χ1v) is 12.4. The molecule has 7 heteroatoms. The fourth-order valence-electron chi connectivity index (χ4n) is 3.81. The van der Waals surface area contributed by atoms with E-state index in [1.54, 1.807) is 16.8 Å². The number of aliphatic hydroxyl groups excluding tert-OH is 1. The van der Waals surface area contributed by atoms with Crippen LogP contribution in [0.1, 0.15) is 45.4 Å². The van der Waals surface area contributed by atoms with E-state index in [0.29, 0.717) is 43.9 Å². The van der Waals surface area contributed by atoms with E-state index in [9.17, 15) is 9.50 Å². The fourth-order valence-corrected chi connectivity index (χ4v) is 3.81. The highest BCUT2D eigenvalue weighted by Crippen LogP contribution is 2.32. The highest BCUT2D eigenvalue weighted by molar-refractivity contribution is 5.43. The van der Waals surface area contributed by atoms with Gasteiger partial charge in [-0.3, -0.25) is 4.90 Å². The molecule has 6 nitrogen and oxygen atoms in total. The molecule has 2 atom stereocenters. The maximum Gasteiger partial charge on any atom is 0.227 e. The van der Waals surface area contributed by atoms with Gasteiger partial charge in [0.05, 0.1) is 29.7 Å². The smallest absolute Gasteiger partial charge is 0.227 e. The number of benzene rings is 2. The van der Waals surface area contributed by atoms with Crippen LogP contribution in [0.3, 0.4) is 0 Å². The zero-order valence-corrected chi connectivity index (χ0v) is 21.4. The van der Waals surface area contributed by atoms with Gasteiger partial charge in [0.1, 0.15) is 11.6 Å². The summed E-state index contributed by atoms with van der Waals surface area (Å²) < 4.78 is 27.2. The van der Waals surface area contributed by atoms with Crippen LogP contribution in [-0.2, 0) is 11.3 Å². The van der Waals surface area contributed by atoms with Crippen molar-refractivity contribution in [2.75, 3.05) is 19.8 Å². The van der Waals surface area contributed by atoms with Crippen molar-refractivity contribution in [2.45, 2.75) is 59.7 Å². The van der Waals surface area contributed by atoms with Gasteiger partial charge in [-0.2, -0.15) is 5.10 Å². The molecule has 0 saturated carbocycles. The number of aliphatic hydroxyl groups is 1. The molecule has 190 valence electrons. The van der Waals surface area contributed by atoms with Crippen LogP contribution in [0.5, 0.6) is 11.6 Å². The molecule has 1 heterocycles. The van der Waals surface area contributed by atoms with E-state index in [-0.39, 0.29) is 11.9 Å². The topological polar surface area (TPSA) is 59.8 Å². The van der Waals surface area contributed by atoms with Gasteiger partial charge in [0, 0.05) is 25.7 Å². The monoisotopic (exact) mass is 483 g/mol. The Morgan fingerprint density at radius 1 is 1.03 bits per heavy atom. The Kier molecular flexibility index (Phi) is 9.83. The van der Waals surface area contributed by atoms with Crippen LogP contribution in [0.25, 0.3) is 5.69 Å². The first-order valence-electron chi connectivity index (χ1n) is 12.4. The molecule has 0 aliphatic heterocycles. The molecule has 0 amide bonds. The lowest BCUT2D eigenvalue weighted by Gasteiger charge is -2.30. The highest BCUT2D eigenvalue weighted by Gasteiger charge is 2.24. The largest absolute Gasteiger partial charge is 0.439 e. The van der Waals surface area contributed by atoms with Crippen LogP contribution in [0, 0.1) is 18.7 Å². The minimum atomic E-state index is -0.603. The van der Waals surface area contributed by atoms with Crippen LogP contribution >= 0.6 is 0 Å². The van der Waals surface area contributed by atoms with Crippen LogP contribution < -0.4 is 4.74 Å². The number of hydrogen-bond donors (Lipinski definition) is 1. The van der Waals surface area contributed by atoms with Crippen molar-refractivity contribution in [1.82, 2.24) is 14.7 Å². The molecule has 1 N–H and O–H groups in total. The summed E-state index contributed by atoms with van der Waals surface area (Å²) in [6.45, 7) is 12.4. The summed E-state index contributed by atoms with van der Waals surface area (Å²) in [5.41, 5.74) is 2.63. The van der Waals surface area contributed by atoms with Gasteiger partial charge < -0.3 is 14.6 Å². The Morgan fingerprint density at radius 2 is 1.71 bits per heavy atom. The van der Waals surface area contributed by atoms with E-state index >= 15 is 0 Å². The molecular formula is C28H38FN3O3. The van der Waals surface area contributed by atoms with Crippen molar-refractivity contribution in [2.24, 2.45) is 5.92 Å². The van der Waals surface area contributed by atoms with Gasteiger partial charge in [-0.25, -0.2) is 9.07 Å². The Hall–Kier alpha value is -2.74. The number of aromatic nitrogens is 2. The lowest BCUT2D eigenvalue weighted by Crippen LogP contribution is -2.40. The average molecular weight is 484 g/mol. The zero-order chi connectivity index (χ0) is 25.4. The van der Waals surface area contributed by atoms with Crippen LogP contribution in [0.2, 0.25) is 0 Å². The minimum Gasteiger partial charge on any atom is -0.439 e. The Bertz CT molecular complexity index is 1040. The highest BCUT2D eigenvalue weighted by atomic mass is 19.1. The molecule has 0 unspecified atom stereocenters. The molecule has 3 aromatic rings. The second kappa shape index (κ2) is 12.8. The molecule has 35 heavy (non-hydrogen) atoms. The molecule has 0 radical (unpaired) electrons. The SMILES string of the molecule is CC[C@H](C)N(Cc1c(C)nn(-c2ccccc2)c1Oc1ccc(F)cc1)C[C@@H](O)COCC(C)C. The number of halogens is 1. The van der Waals surface area contributed by atoms with Crippen molar-refractivity contribution in [3.8, 4) is 17.3 Å². The van der Waals surface area contributed by atoms with E-state index in [2.05, 4.69) is 32.6 Å². The third kappa shape index (κ3) is 7.62. The molecule has 0 spiro atoms. The molecule has 0 aliphatic rings. The molecule has 0 bridgehead atoms. The second-order valence-electron chi connectivity index (χ2n) is 9.44. The van der Waals surface area contributed by atoms with Crippen molar-refractivity contribution in [3.63, 3.8) is 0 Å². The number of rotatable bonds is 13. The van der Waals surface area contributed by atoms with E-state index in [1.807, 2.05) is 37.3 Å². The molecule has 0 fully saturated rings. The molecule has 2 aromatic carbocycles. The van der Waals surface area contributed by atoms with Gasteiger partial charge in [-0.05, 0) is 62.6 Å². The van der Waals surface area contributed by atoms with Gasteiger partial charge in [-0.1, -0.05) is 39.0 Å². The van der Waals surface area contributed by atoms with Gasteiger partial charge in [-0.15, -0.1) is 0 Å². The van der Waals surface area contributed by atoms with E-state index in [4.69, 9.17) is 14.6 Å². The summed E-state index contributed by atoms with van der Waals surface area (Å²) in [6, 6.07) is 16.0. The van der Waals surface area contributed by atoms with Gasteiger partial charge in [0.15, 0.2) is 0 Å². The second-order valence-corrected chi connectivity index (χ2v) is 9.44. The van der Waals surface area contributed by atoms with Crippen molar-refractivity contribution in [1.29, 1.82) is 0 Å². The lowest BCUT2D eigenvalue weighted by atomic mass is 10.1. The average Bonchev–Trinajstić information content (AvgIpc) is 3.14. The third-order valence-corrected chi connectivity index (χ3v) is 5.95. The summed E-state index contributed by atoms with van der Waals surface area (Å²) in [6.07, 6.45) is 0.327. The summed E-state index contributed by atoms with van der Waals surface area (Å²) in [7, 11) is 0. The molecule has 0 aliphatic carbocycles. The molecular weight excluding hydrogens is 445 g/mol. The summed E-state index contributed by atoms with van der Waals surface area (Å²) in [5, 5.41) is 15.5. The number of ether oxygens (including phenoxy) is 2. The maximum absolute atomic E-state index is 13.5. The summed E-state index contributed by atoms with van der Waals surface area (Å²) >= 11 is 0. The van der Waals surface area contributed by atoms with E-state index < -0.39 is 6.10 Å². The maximum atomic E-state index is 13.5. The predicted octanol–water partition coefficient (Wildman–Crippen LogP) is 5.75. The Labute approximate surface area is 208 Å². The Balaban J connectivity index is 1.91. The molecule has 1 aromatic heterocycles. The molecule has 3 rings (SSSR count). The van der Waals surface area contributed by atoms with Crippen molar-refractivity contribution in [3.05, 3.63) is 71.7 Å². The number of para-hydroxylation sites is 1. The standard InChI is InChI=1S/C28H38FN3O3/c1-6-21(4)31(16-25(33)19-34-18-20(2)3)17-27-22(5)30-32(24-10-8-7-9-11-24)28(27)35-26-14-12-23(29)13-15-26/h7-15,20-21,25,33H,6,16-19H2,1-5H3/t21-,25+/m0/s1. The van der Waals surface area contributed by atoms with Crippen molar-refractivity contribution >= 4 is 0 Å². The number of hydrogen-bond acceptors (Lipinski definition) is 5. The van der Waals surface area contributed by atoms with Gasteiger partial charge >= 0.3 is 0 Å². The normalized spacial score (nSPS) is 13.4. The van der Waals surface area contributed by atoms with Crippen LogP contribution in [0.4, 0.5) is 4.39 Å². The van der Waals surface area contributed by atoms with Crippen molar-refractivity contribution < 1.29 is 19.0 Å². The summed E-state index contributed by atoms with van der Waals surface area (Å²) in [4.78, 5) is 2.24. The van der Waals surface area contributed by atoms with Crippen LogP contribution in [0.15, 0.2) is 54.6 Å². The Morgan fingerprint density at radius 3 is 2.34 bits per heavy atom. The first-order chi connectivity index (χ1) is 16.8. The van der Waals surface area contributed by atoms with Gasteiger partial charge in [0.2, 0.25) is 5.88 Å². The fraction of sp³-hybridized carbons (Fsp3) is 0.464. The lowest BCUT2D eigenvalue weighted by molar-refractivity contribution is -0.0000188. The third-order valence-electron chi connectivity index (χ3n) is 5.95. The van der Waals surface area contributed by atoms with E-state index in [1.165, 1.54) is 12.1 Å². The van der Waals surface area contributed by atoms with Crippen LogP contribution in [-0.4, -0.2) is 51.7 Å². The number of aryl methyl sites for hydroxylation is 1. The predicted molar refractivity (Wildman–Crippen MR) is 137 cm³/mol. The summed E-state index contributed by atoms with van der Waals surface area (Å²) in [5.74, 6) is 1.22. The quantitative estimate of drug-likeness (QED) is 0.336. The minimum absolute atomic E-state index is 0.230. The number of nitrogens with zero attached hydrogens (tertiary/aromatic N) is 3. The molecule has 0 saturated heterocycles. The van der Waals surface area contributed by atoms with E-state index in [0.717, 1.165) is 23.4 Å².